The molecule has 0 unspecified atom stereocenters. The minimum absolute atomic E-state index is 0.0892. The Morgan fingerprint density at radius 2 is 2.06 bits per heavy atom. The van der Waals surface area contributed by atoms with Gasteiger partial charge in [0.25, 0.3) is 0 Å². The molecule has 96 valence electrons. The Kier molecular flexibility index (Phi) is 4.66. The Morgan fingerprint density at radius 1 is 1.41 bits per heavy atom. The summed E-state index contributed by atoms with van der Waals surface area (Å²) in [7, 11) is 0. The van der Waals surface area contributed by atoms with Crippen molar-refractivity contribution < 1.29 is 19.5 Å². The topological polar surface area (TPSA) is 83.5 Å². The third kappa shape index (κ3) is 3.84. The molecule has 1 amide bonds. The third-order valence-electron chi connectivity index (χ3n) is 3.08. The molecule has 0 bridgehead atoms. The SMILES string of the molecule is CC(C)C(=O)N[C@H](C(=O)O)[C@@H]1CCCC(=O)C1. The number of hydrogen-bond donors (Lipinski definition) is 2. The normalized spacial score (nSPS) is 22.3. The van der Waals surface area contributed by atoms with Crippen LogP contribution in [0.25, 0.3) is 0 Å². The standard InChI is InChI=1S/C12H19NO4/c1-7(2)11(15)13-10(12(16)17)8-4-3-5-9(14)6-8/h7-8,10H,3-6H2,1-2H3,(H,13,15)(H,16,17)/t8-,10+/m1/s1. The van der Waals surface area contributed by atoms with Crippen LogP contribution in [0.5, 0.6) is 0 Å². The lowest BCUT2D eigenvalue weighted by Crippen LogP contribution is -2.48. The minimum atomic E-state index is -1.06. The second-order valence-corrected chi connectivity index (χ2v) is 4.87. The van der Waals surface area contributed by atoms with Crippen molar-refractivity contribution in [1.29, 1.82) is 0 Å². The van der Waals surface area contributed by atoms with Crippen LogP contribution in [-0.4, -0.2) is 28.8 Å². The Labute approximate surface area is 101 Å². The number of carbonyl (C=O) groups excluding carboxylic acids is 2. The van der Waals surface area contributed by atoms with E-state index in [0.29, 0.717) is 19.3 Å². The van der Waals surface area contributed by atoms with E-state index in [4.69, 9.17) is 5.11 Å². The lowest BCUT2D eigenvalue weighted by atomic mass is 9.83. The molecule has 5 nitrogen and oxygen atoms in total. The van der Waals surface area contributed by atoms with E-state index in [1.54, 1.807) is 13.8 Å². The van der Waals surface area contributed by atoms with Crippen LogP contribution < -0.4 is 5.32 Å². The molecular formula is C12H19NO4. The van der Waals surface area contributed by atoms with Gasteiger partial charge in [-0.25, -0.2) is 4.79 Å². The summed E-state index contributed by atoms with van der Waals surface area (Å²) in [5.74, 6) is -1.77. The molecule has 1 saturated carbocycles. The number of Topliss-reactive ketones (excluding diaryl/α,β-unsaturated/α-hetero) is 1. The fraction of sp³-hybridized carbons (Fsp3) is 0.750. The van der Waals surface area contributed by atoms with Crippen molar-refractivity contribution in [3.8, 4) is 0 Å². The van der Waals surface area contributed by atoms with Gasteiger partial charge in [0.15, 0.2) is 0 Å². The molecule has 0 aromatic carbocycles. The molecule has 1 aliphatic rings. The van der Waals surface area contributed by atoms with Gasteiger partial charge in [0.2, 0.25) is 5.91 Å². The molecule has 0 aromatic heterocycles. The van der Waals surface area contributed by atoms with Gasteiger partial charge in [0, 0.05) is 18.8 Å². The molecule has 1 fully saturated rings. The molecule has 2 N–H and O–H groups in total. The first-order chi connectivity index (χ1) is 7.91. The average molecular weight is 241 g/mol. The summed E-state index contributed by atoms with van der Waals surface area (Å²) in [5.41, 5.74) is 0. The number of carboxylic acid groups (broad SMARTS) is 1. The van der Waals surface area contributed by atoms with Crippen molar-refractivity contribution in [2.45, 2.75) is 45.6 Å². The van der Waals surface area contributed by atoms with Crippen LogP contribution >= 0.6 is 0 Å². The molecule has 5 heteroatoms. The van der Waals surface area contributed by atoms with Crippen LogP contribution in [0, 0.1) is 11.8 Å². The number of rotatable bonds is 4. The van der Waals surface area contributed by atoms with Crippen molar-refractivity contribution in [2.75, 3.05) is 0 Å². The molecule has 1 rings (SSSR count). The summed E-state index contributed by atoms with van der Waals surface area (Å²) in [5, 5.41) is 11.6. The summed E-state index contributed by atoms with van der Waals surface area (Å²) in [6.07, 6.45) is 2.18. The molecule has 0 heterocycles. The molecule has 2 atom stereocenters. The highest BCUT2D eigenvalue weighted by molar-refractivity contribution is 5.86. The summed E-state index contributed by atoms with van der Waals surface area (Å²) < 4.78 is 0. The fourth-order valence-corrected chi connectivity index (χ4v) is 2.04. The molecule has 17 heavy (non-hydrogen) atoms. The first-order valence-electron chi connectivity index (χ1n) is 5.96. The maximum Gasteiger partial charge on any atom is 0.326 e. The largest absolute Gasteiger partial charge is 0.480 e. The van der Waals surface area contributed by atoms with Gasteiger partial charge in [-0.1, -0.05) is 13.8 Å². The average Bonchev–Trinajstić information content (AvgIpc) is 2.24. The highest BCUT2D eigenvalue weighted by Gasteiger charge is 2.33. The van der Waals surface area contributed by atoms with Gasteiger partial charge in [-0.2, -0.15) is 0 Å². The molecule has 0 aliphatic heterocycles. The lowest BCUT2D eigenvalue weighted by Gasteiger charge is -2.27. The molecular weight excluding hydrogens is 222 g/mol. The number of nitrogens with one attached hydrogen (secondary N) is 1. The van der Waals surface area contributed by atoms with E-state index < -0.39 is 12.0 Å². The van der Waals surface area contributed by atoms with Gasteiger partial charge in [0.1, 0.15) is 11.8 Å². The Bertz CT molecular complexity index is 324. The van der Waals surface area contributed by atoms with Crippen LogP contribution in [0.15, 0.2) is 0 Å². The lowest BCUT2D eigenvalue weighted by molar-refractivity contribution is -0.144. The van der Waals surface area contributed by atoms with Gasteiger partial charge in [-0.3, -0.25) is 9.59 Å². The van der Waals surface area contributed by atoms with E-state index in [-0.39, 0.29) is 29.9 Å². The quantitative estimate of drug-likeness (QED) is 0.768. The summed E-state index contributed by atoms with van der Waals surface area (Å²) in [6.45, 7) is 3.42. The number of carbonyl (C=O) groups is 3. The van der Waals surface area contributed by atoms with Crippen LogP contribution in [-0.2, 0) is 14.4 Å². The van der Waals surface area contributed by atoms with Crippen molar-refractivity contribution in [3.63, 3.8) is 0 Å². The van der Waals surface area contributed by atoms with Crippen molar-refractivity contribution in [3.05, 3.63) is 0 Å². The van der Waals surface area contributed by atoms with Crippen LogP contribution in [0.3, 0.4) is 0 Å². The molecule has 0 aromatic rings. The second-order valence-electron chi connectivity index (χ2n) is 4.87. The van der Waals surface area contributed by atoms with E-state index in [0.717, 1.165) is 0 Å². The molecule has 0 radical (unpaired) electrons. The van der Waals surface area contributed by atoms with E-state index in [2.05, 4.69) is 5.32 Å². The first-order valence-corrected chi connectivity index (χ1v) is 5.96. The molecule has 1 aliphatic carbocycles. The van der Waals surface area contributed by atoms with Crippen molar-refractivity contribution >= 4 is 17.7 Å². The predicted molar refractivity (Wildman–Crippen MR) is 61.4 cm³/mol. The number of amides is 1. The van der Waals surface area contributed by atoms with Gasteiger partial charge in [-0.05, 0) is 18.8 Å². The minimum Gasteiger partial charge on any atom is -0.480 e. The smallest absolute Gasteiger partial charge is 0.326 e. The van der Waals surface area contributed by atoms with E-state index in [1.165, 1.54) is 0 Å². The highest BCUT2D eigenvalue weighted by Crippen LogP contribution is 2.24. The van der Waals surface area contributed by atoms with Crippen LogP contribution in [0.2, 0.25) is 0 Å². The zero-order chi connectivity index (χ0) is 13.0. The van der Waals surface area contributed by atoms with Gasteiger partial charge in [0.05, 0.1) is 0 Å². The highest BCUT2D eigenvalue weighted by atomic mass is 16.4. The first kappa shape index (κ1) is 13.7. The molecule has 0 spiro atoms. The third-order valence-corrected chi connectivity index (χ3v) is 3.08. The Morgan fingerprint density at radius 3 is 2.53 bits per heavy atom. The zero-order valence-corrected chi connectivity index (χ0v) is 10.2. The van der Waals surface area contributed by atoms with Gasteiger partial charge >= 0.3 is 5.97 Å². The van der Waals surface area contributed by atoms with E-state index in [9.17, 15) is 14.4 Å². The van der Waals surface area contributed by atoms with Crippen LogP contribution in [0.1, 0.15) is 39.5 Å². The Balaban J connectivity index is 2.68. The second kappa shape index (κ2) is 5.80. The summed E-state index contributed by atoms with van der Waals surface area (Å²) in [4.78, 5) is 34.0. The van der Waals surface area contributed by atoms with Crippen molar-refractivity contribution in [1.82, 2.24) is 5.32 Å². The zero-order valence-electron chi connectivity index (χ0n) is 10.2. The van der Waals surface area contributed by atoms with Crippen LogP contribution in [0.4, 0.5) is 0 Å². The van der Waals surface area contributed by atoms with E-state index in [1.807, 2.05) is 0 Å². The molecule has 0 saturated heterocycles. The number of carboxylic acids is 1. The fourth-order valence-electron chi connectivity index (χ4n) is 2.04. The number of hydrogen-bond acceptors (Lipinski definition) is 3. The van der Waals surface area contributed by atoms with Gasteiger partial charge in [-0.15, -0.1) is 0 Å². The van der Waals surface area contributed by atoms with E-state index >= 15 is 0 Å². The monoisotopic (exact) mass is 241 g/mol. The summed E-state index contributed by atoms with van der Waals surface area (Å²) >= 11 is 0. The predicted octanol–water partition coefficient (Wildman–Crippen LogP) is 0.971. The van der Waals surface area contributed by atoms with Gasteiger partial charge < -0.3 is 10.4 Å². The maximum atomic E-state index is 11.5. The van der Waals surface area contributed by atoms with Crippen molar-refractivity contribution in [2.24, 2.45) is 11.8 Å². The number of ketones is 1. The number of aliphatic carboxylic acids is 1. The summed E-state index contributed by atoms with van der Waals surface area (Å²) in [6, 6.07) is -0.936. The maximum absolute atomic E-state index is 11.5. The Hall–Kier alpha value is -1.39.